The van der Waals surface area contributed by atoms with E-state index in [2.05, 4.69) is 16.1 Å². The Kier molecular flexibility index (Phi) is 4.50. The summed E-state index contributed by atoms with van der Waals surface area (Å²) in [6.07, 6.45) is 1.62. The van der Waals surface area contributed by atoms with Gasteiger partial charge in [0.25, 0.3) is 0 Å². The van der Waals surface area contributed by atoms with Crippen molar-refractivity contribution in [1.29, 1.82) is 0 Å². The third kappa shape index (κ3) is 3.32. The lowest BCUT2D eigenvalue weighted by Gasteiger charge is -2.22. The summed E-state index contributed by atoms with van der Waals surface area (Å²) < 4.78 is 0. The molecule has 0 radical (unpaired) electrons. The van der Waals surface area contributed by atoms with Gasteiger partial charge in [0.15, 0.2) is 0 Å². The molecule has 0 spiro atoms. The lowest BCUT2D eigenvalue weighted by molar-refractivity contribution is -0.126. The van der Waals surface area contributed by atoms with Crippen LogP contribution in [0, 0.1) is 6.92 Å². The van der Waals surface area contributed by atoms with Gasteiger partial charge in [-0.05, 0) is 42.2 Å². The zero-order valence-corrected chi connectivity index (χ0v) is 11.0. The van der Waals surface area contributed by atoms with Crippen LogP contribution in [0.5, 0.6) is 0 Å². The second kappa shape index (κ2) is 5.46. The number of nitrogens with two attached hydrogens (primary N) is 1. The van der Waals surface area contributed by atoms with Crippen LogP contribution in [0.25, 0.3) is 0 Å². The van der Waals surface area contributed by atoms with Gasteiger partial charge in [0.05, 0.1) is 5.54 Å². The standard InChI is InChI=1S/C12H20N2OS/c1-4-5-12(3,13)11(15)14-6-10-8-16-7-9(10)2/h7-8H,4-6,13H2,1-3H3,(H,14,15). The molecule has 0 fully saturated rings. The summed E-state index contributed by atoms with van der Waals surface area (Å²) in [7, 11) is 0. The van der Waals surface area contributed by atoms with E-state index in [1.165, 1.54) is 11.1 Å². The SMILES string of the molecule is CCCC(C)(N)C(=O)NCc1cscc1C. The van der Waals surface area contributed by atoms with Gasteiger partial charge in [-0.1, -0.05) is 13.3 Å². The van der Waals surface area contributed by atoms with Crippen LogP contribution < -0.4 is 11.1 Å². The minimum absolute atomic E-state index is 0.0695. The highest BCUT2D eigenvalue weighted by Crippen LogP contribution is 2.14. The van der Waals surface area contributed by atoms with E-state index in [9.17, 15) is 4.79 Å². The van der Waals surface area contributed by atoms with Crippen molar-refractivity contribution in [2.45, 2.75) is 45.7 Å². The molecule has 90 valence electrons. The van der Waals surface area contributed by atoms with Crippen molar-refractivity contribution in [3.8, 4) is 0 Å². The molecule has 1 heterocycles. The Morgan fingerprint density at radius 1 is 1.56 bits per heavy atom. The smallest absolute Gasteiger partial charge is 0.240 e. The Morgan fingerprint density at radius 2 is 2.25 bits per heavy atom. The monoisotopic (exact) mass is 240 g/mol. The summed E-state index contributed by atoms with van der Waals surface area (Å²) in [6.45, 7) is 6.43. The predicted octanol–water partition coefficient (Wildman–Crippen LogP) is 2.19. The first kappa shape index (κ1) is 13.2. The number of rotatable bonds is 5. The molecule has 16 heavy (non-hydrogen) atoms. The number of aryl methyl sites for hydroxylation is 1. The Morgan fingerprint density at radius 3 is 2.75 bits per heavy atom. The minimum atomic E-state index is -0.751. The topological polar surface area (TPSA) is 55.1 Å². The lowest BCUT2D eigenvalue weighted by atomic mass is 9.96. The van der Waals surface area contributed by atoms with Gasteiger partial charge in [0, 0.05) is 6.54 Å². The maximum Gasteiger partial charge on any atom is 0.240 e. The largest absolute Gasteiger partial charge is 0.350 e. The van der Waals surface area contributed by atoms with E-state index in [1.54, 1.807) is 18.3 Å². The van der Waals surface area contributed by atoms with Crippen molar-refractivity contribution in [3.05, 3.63) is 21.9 Å². The fourth-order valence-electron chi connectivity index (χ4n) is 1.58. The highest BCUT2D eigenvalue weighted by molar-refractivity contribution is 7.08. The summed E-state index contributed by atoms with van der Waals surface area (Å²) in [5.41, 5.74) is 7.58. The van der Waals surface area contributed by atoms with E-state index in [0.717, 1.165) is 6.42 Å². The van der Waals surface area contributed by atoms with E-state index in [4.69, 9.17) is 5.73 Å². The van der Waals surface area contributed by atoms with E-state index in [1.807, 2.05) is 13.8 Å². The van der Waals surface area contributed by atoms with Crippen molar-refractivity contribution in [2.24, 2.45) is 5.73 Å². The number of carbonyl (C=O) groups is 1. The first-order valence-corrected chi connectivity index (χ1v) is 6.50. The van der Waals surface area contributed by atoms with Crippen LogP contribution in [0.1, 0.15) is 37.8 Å². The van der Waals surface area contributed by atoms with Crippen LogP contribution in [-0.4, -0.2) is 11.4 Å². The summed E-state index contributed by atoms with van der Waals surface area (Å²) in [6, 6.07) is 0. The van der Waals surface area contributed by atoms with Gasteiger partial charge in [-0.3, -0.25) is 4.79 Å². The predicted molar refractivity (Wildman–Crippen MR) is 68.4 cm³/mol. The fraction of sp³-hybridized carbons (Fsp3) is 0.583. The molecule has 0 saturated carbocycles. The highest BCUT2D eigenvalue weighted by Gasteiger charge is 2.26. The molecule has 0 aliphatic rings. The van der Waals surface area contributed by atoms with Gasteiger partial charge >= 0.3 is 0 Å². The summed E-state index contributed by atoms with van der Waals surface area (Å²) >= 11 is 1.65. The third-order valence-electron chi connectivity index (χ3n) is 2.69. The molecular weight excluding hydrogens is 220 g/mol. The molecule has 1 aromatic rings. The van der Waals surface area contributed by atoms with E-state index in [0.29, 0.717) is 13.0 Å². The summed E-state index contributed by atoms with van der Waals surface area (Å²) in [5.74, 6) is -0.0695. The number of hydrogen-bond acceptors (Lipinski definition) is 3. The molecule has 1 atom stereocenters. The van der Waals surface area contributed by atoms with Crippen molar-refractivity contribution in [1.82, 2.24) is 5.32 Å². The number of thiophene rings is 1. The molecule has 0 bridgehead atoms. The minimum Gasteiger partial charge on any atom is -0.350 e. The summed E-state index contributed by atoms with van der Waals surface area (Å²) in [4.78, 5) is 11.8. The number of amides is 1. The van der Waals surface area contributed by atoms with E-state index in [-0.39, 0.29) is 5.91 Å². The maximum atomic E-state index is 11.8. The van der Waals surface area contributed by atoms with Crippen molar-refractivity contribution < 1.29 is 4.79 Å². The number of nitrogens with one attached hydrogen (secondary N) is 1. The molecule has 1 amide bonds. The Balaban J connectivity index is 2.50. The Labute approximate surface area is 101 Å². The average molecular weight is 240 g/mol. The van der Waals surface area contributed by atoms with Gasteiger partial charge in [0.1, 0.15) is 0 Å². The van der Waals surface area contributed by atoms with Crippen LogP contribution in [0.4, 0.5) is 0 Å². The molecule has 1 aromatic heterocycles. The van der Waals surface area contributed by atoms with Crippen LogP contribution in [0.2, 0.25) is 0 Å². The molecule has 1 unspecified atom stereocenters. The fourth-order valence-corrected chi connectivity index (χ4v) is 2.44. The van der Waals surface area contributed by atoms with Crippen molar-refractivity contribution in [3.63, 3.8) is 0 Å². The molecule has 3 N–H and O–H groups in total. The van der Waals surface area contributed by atoms with E-state index >= 15 is 0 Å². The molecule has 0 aliphatic heterocycles. The number of hydrogen-bond donors (Lipinski definition) is 2. The first-order valence-electron chi connectivity index (χ1n) is 5.56. The molecule has 1 rings (SSSR count). The van der Waals surface area contributed by atoms with Gasteiger partial charge in [-0.2, -0.15) is 11.3 Å². The Bertz CT molecular complexity index is 358. The van der Waals surface area contributed by atoms with Crippen molar-refractivity contribution in [2.75, 3.05) is 0 Å². The summed E-state index contributed by atoms with van der Waals surface area (Å²) in [5, 5.41) is 7.03. The third-order valence-corrected chi connectivity index (χ3v) is 3.60. The Hall–Kier alpha value is -0.870. The first-order chi connectivity index (χ1) is 7.47. The highest BCUT2D eigenvalue weighted by atomic mass is 32.1. The zero-order chi connectivity index (χ0) is 12.2. The molecule has 0 saturated heterocycles. The van der Waals surface area contributed by atoms with Gasteiger partial charge in [-0.15, -0.1) is 0 Å². The zero-order valence-electron chi connectivity index (χ0n) is 10.2. The molecule has 3 nitrogen and oxygen atoms in total. The molecule has 0 aliphatic carbocycles. The maximum absolute atomic E-state index is 11.8. The van der Waals surface area contributed by atoms with Gasteiger partial charge < -0.3 is 11.1 Å². The average Bonchev–Trinajstić information content (AvgIpc) is 2.60. The second-order valence-electron chi connectivity index (χ2n) is 4.43. The lowest BCUT2D eigenvalue weighted by Crippen LogP contribution is -2.51. The van der Waals surface area contributed by atoms with Crippen LogP contribution in [0.3, 0.4) is 0 Å². The molecule has 4 heteroatoms. The molecular formula is C12H20N2OS. The van der Waals surface area contributed by atoms with Crippen molar-refractivity contribution >= 4 is 17.2 Å². The van der Waals surface area contributed by atoms with E-state index < -0.39 is 5.54 Å². The van der Waals surface area contributed by atoms with Crippen LogP contribution >= 0.6 is 11.3 Å². The quantitative estimate of drug-likeness (QED) is 0.829. The van der Waals surface area contributed by atoms with Gasteiger partial charge in [0.2, 0.25) is 5.91 Å². The number of carbonyl (C=O) groups excluding carboxylic acids is 1. The van der Waals surface area contributed by atoms with Crippen LogP contribution in [-0.2, 0) is 11.3 Å². The normalized spacial score (nSPS) is 14.5. The second-order valence-corrected chi connectivity index (χ2v) is 5.17. The van der Waals surface area contributed by atoms with Gasteiger partial charge in [-0.25, -0.2) is 0 Å². The van der Waals surface area contributed by atoms with Crippen LogP contribution in [0.15, 0.2) is 10.8 Å². The molecule has 0 aromatic carbocycles.